The van der Waals surface area contributed by atoms with Gasteiger partial charge in [0.05, 0.1) is 19.3 Å². The molecule has 5 nitrogen and oxygen atoms in total. The summed E-state index contributed by atoms with van der Waals surface area (Å²) in [6, 6.07) is 0.493. The summed E-state index contributed by atoms with van der Waals surface area (Å²) in [5.74, 6) is 0.889. The summed E-state index contributed by atoms with van der Waals surface area (Å²) in [5, 5.41) is 3.59. The van der Waals surface area contributed by atoms with Gasteiger partial charge in [0.25, 0.3) is 0 Å². The van der Waals surface area contributed by atoms with Crippen LogP contribution in [0, 0.1) is 11.3 Å². The molecule has 0 bridgehead atoms. The number of hydrogen-bond donors (Lipinski definition) is 1. The highest BCUT2D eigenvalue weighted by Crippen LogP contribution is 2.51. The van der Waals surface area contributed by atoms with Crippen molar-refractivity contribution in [1.29, 1.82) is 0 Å². The number of rotatable bonds is 4. The van der Waals surface area contributed by atoms with Gasteiger partial charge in [-0.3, -0.25) is 4.79 Å². The maximum Gasteiger partial charge on any atom is 0.224 e. The number of hydrogen-bond acceptors (Lipinski definition) is 4. The monoisotopic (exact) mass is 282 g/mol. The summed E-state index contributed by atoms with van der Waals surface area (Å²) in [7, 11) is 0. The minimum atomic E-state index is 0.198. The second-order valence-electron chi connectivity index (χ2n) is 6.74. The first-order valence-electron chi connectivity index (χ1n) is 7.81. The van der Waals surface area contributed by atoms with Gasteiger partial charge in [0.15, 0.2) is 0 Å². The molecular weight excluding hydrogens is 256 g/mol. The highest BCUT2D eigenvalue weighted by atomic mass is 16.5. The average Bonchev–Trinajstić information content (AvgIpc) is 2.91. The van der Waals surface area contributed by atoms with E-state index < -0.39 is 0 Å². The smallest absolute Gasteiger partial charge is 0.224 e. The number of carbonyl (C=O) groups excluding carboxylic acids is 1. The first-order chi connectivity index (χ1) is 9.60. The predicted octanol–water partition coefficient (Wildman–Crippen LogP) is 0.638. The van der Waals surface area contributed by atoms with Crippen molar-refractivity contribution in [2.45, 2.75) is 38.8 Å². The average molecular weight is 282 g/mol. The molecule has 3 fully saturated rings. The molecule has 2 heterocycles. The van der Waals surface area contributed by atoms with Crippen molar-refractivity contribution in [1.82, 2.24) is 10.2 Å². The Morgan fingerprint density at radius 3 is 2.80 bits per heavy atom. The number of amides is 1. The third kappa shape index (κ3) is 2.47. The van der Waals surface area contributed by atoms with Crippen molar-refractivity contribution in [2.24, 2.45) is 11.3 Å². The zero-order valence-corrected chi connectivity index (χ0v) is 12.6. The molecule has 5 heteroatoms. The highest BCUT2D eigenvalue weighted by molar-refractivity contribution is 5.76. The van der Waals surface area contributed by atoms with Gasteiger partial charge in [-0.05, 0) is 6.42 Å². The first kappa shape index (κ1) is 14.3. The SMILES string of the molecule is CC1(C)C(NCCC(=O)N2CCOCC2)C2CCOC21. The van der Waals surface area contributed by atoms with Crippen LogP contribution in [0.4, 0.5) is 0 Å². The highest BCUT2D eigenvalue weighted by Gasteiger charge is 2.58. The van der Waals surface area contributed by atoms with Crippen LogP contribution in [0.15, 0.2) is 0 Å². The molecule has 0 spiro atoms. The van der Waals surface area contributed by atoms with E-state index in [1.807, 2.05) is 4.90 Å². The largest absolute Gasteiger partial charge is 0.378 e. The Morgan fingerprint density at radius 2 is 2.05 bits per heavy atom. The Bertz CT molecular complexity index is 366. The number of nitrogens with one attached hydrogen (secondary N) is 1. The lowest BCUT2D eigenvalue weighted by molar-refractivity contribution is -0.136. The zero-order valence-electron chi connectivity index (χ0n) is 12.6. The third-order valence-electron chi connectivity index (χ3n) is 5.17. The van der Waals surface area contributed by atoms with Crippen molar-refractivity contribution < 1.29 is 14.3 Å². The van der Waals surface area contributed by atoms with E-state index >= 15 is 0 Å². The summed E-state index contributed by atoms with van der Waals surface area (Å²) in [6.45, 7) is 9.03. The normalized spacial score (nSPS) is 35.5. The predicted molar refractivity (Wildman–Crippen MR) is 75.4 cm³/mol. The van der Waals surface area contributed by atoms with Gasteiger partial charge in [-0.25, -0.2) is 0 Å². The fraction of sp³-hybridized carbons (Fsp3) is 0.933. The van der Waals surface area contributed by atoms with Crippen LogP contribution >= 0.6 is 0 Å². The molecular formula is C15H26N2O3. The molecule has 3 aliphatic rings. The second kappa shape index (κ2) is 5.62. The number of fused-ring (bicyclic) bond motifs is 1. The van der Waals surface area contributed by atoms with Crippen molar-refractivity contribution in [3.05, 3.63) is 0 Å². The van der Waals surface area contributed by atoms with E-state index in [4.69, 9.17) is 9.47 Å². The van der Waals surface area contributed by atoms with Crippen LogP contribution in [-0.2, 0) is 14.3 Å². The fourth-order valence-electron chi connectivity index (χ4n) is 4.04. The van der Waals surface area contributed by atoms with Gasteiger partial charge in [0.1, 0.15) is 0 Å². The van der Waals surface area contributed by atoms with Crippen LogP contribution in [0.2, 0.25) is 0 Å². The Morgan fingerprint density at radius 1 is 1.30 bits per heavy atom. The van der Waals surface area contributed by atoms with Gasteiger partial charge in [-0.1, -0.05) is 13.8 Å². The van der Waals surface area contributed by atoms with Crippen LogP contribution in [0.5, 0.6) is 0 Å². The van der Waals surface area contributed by atoms with E-state index in [0.717, 1.165) is 32.7 Å². The third-order valence-corrected chi connectivity index (χ3v) is 5.17. The number of morpholine rings is 1. The maximum absolute atomic E-state index is 12.1. The van der Waals surface area contributed by atoms with Gasteiger partial charge in [0, 0.05) is 50.0 Å². The second-order valence-corrected chi connectivity index (χ2v) is 6.74. The van der Waals surface area contributed by atoms with Gasteiger partial charge < -0.3 is 19.7 Å². The van der Waals surface area contributed by atoms with Gasteiger partial charge in [0.2, 0.25) is 5.91 Å². The molecule has 1 N–H and O–H groups in total. The first-order valence-corrected chi connectivity index (χ1v) is 7.81. The standard InChI is InChI=1S/C15H26N2O3/c1-15(2)13(11-4-8-20-14(11)15)16-5-3-12(18)17-6-9-19-10-7-17/h11,13-14,16H,3-10H2,1-2H3. The quantitative estimate of drug-likeness (QED) is 0.822. The van der Waals surface area contributed by atoms with E-state index in [9.17, 15) is 4.79 Å². The Hall–Kier alpha value is -0.650. The molecule has 20 heavy (non-hydrogen) atoms. The van der Waals surface area contributed by atoms with Crippen LogP contribution in [0.3, 0.4) is 0 Å². The van der Waals surface area contributed by atoms with Crippen molar-refractivity contribution in [3.63, 3.8) is 0 Å². The molecule has 0 radical (unpaired) electrons. The van der Waals surface area contributed by atoms with E-state index in [-0.39, 0.29) is 11.3 Å². The minimum Gasteiger partial charge on any atom is -0.378 e. The van der Waals surface area contributed by atoms with E-state index in [1.54, 1.807) is 0 Å². The number of ether oxygens (including phenoxy) is 2. The molecule has 3 atom stereocenters. The molecule has 1 saturated carbocycles. The number of nitrogens with zero attached hydrogens (tertiary/aromatic N) is 1. The number of carbonyl (C=O) groups is 1. The van der Waals surface area contributed by atoms with Gasteiger partial charge >= 0.3 is 0 Å². The van der Waals surface area contributed by atoms with E-state index in [2.05, 4.69) is 19.2 Å². The summed E-state index contributed by atoms with van der Waals surface area (Å²) >= 11 is 0. The lowest BCUT2D eigenvalue weighted by Crippen LogP contribution is -2.66. The van der Waals surface area contributed by atoms with Crippen LogP contribution in [0.1, 0.15) is 26.7 Å². The Balaban J connectivity index is 1.42. The molecule has 2 aliphatic heterocycles. The summed E-state index contributed by atoms with van der Waals surface area (Å²) < 4.78 is 11.1. The molecule has 0 aromatic rings. The molecule has 1 aliphatic carbocycles. The topological polar surface area (TPSA) is 50.8 Å². The van der Waals surface area contributed by atoms with Crippen molar-refractivity contribution >= 4 is 5.91 Å². The van der Waals surface area contributed by atoms with Gasteiger partial charge in [-0.15, -0.1) is 0 Å². The molecule has 114 valence electrons. The summed E-state index contributed by atoms with van der Waals surface area (Å²) in [6.07, 6.45) is 2.16. The van der Waals surface area contributed by atoms with E-state index in [1.165, 1.54) is 0 Å². The van der Waals surface area contributed by atoms with Crippen LogP contribution in [0.25, 0.3) is 0 Å². The molecule has 2 saturated heterocycles. The summed E-state index contributed by atoms with van der Waals surface area (Å²) in [4.78, 5) is 14.0. The Kier molecular flexibility index (Phi) is 4.02. The van der Waals surface area contributed by atoms with Crippen molar-refractivity contribution in [3.8, 4) is 0 Å². The molecule has 3 rings (SSSR count). The van der Waals surface area contributed by atoms with Crippen LogP contribution < -0.4 is 5.32 Å². The fourth-order valence-corrected chi connectivity index (χ4v) is 4.04. The van der Waals surface area contributed by atoms with E-state index in [0.29, 0.717) is 37.7 Å². The summed E-state index contributed by atoms with van der Waals surface area (Å²) in [5.41, 5.74) is 0.198. The molecule has 0 aromatic heterocycles. The van der Waals surface area contributed by atoms with Crippen LogP contribution in [-0.4, -0.2) is 62.4 Å². The van der Waals surface area contributed by atoms with Gasteiger partial charge in [-0.2, -0.15) is 0 Å². The Labute approximate surface area is 121 Å². The van der Waals surface area contributed by atoms with Crippen molar-refractivity contribution in [2.75, 3.05) is 39.5 Å². The lowest BCUT2D eigenvalue weighted by Gasteiger charge is -2.55. The zero-order chi connectivity index (χ0) is 14.2. The minimum absolute atomic E-state index is 0.198. The molecule has 1 amide bonds. The lowest BCUT2D eigenvalue weighted by atomic mass is 9.57. The molecule has 0 aromatic carbocycles. The maximum atomic E-state index is 12.1. The molecule has 3 unspecified atom stereocenters.